The zero-order valence-corrected chi connectivity index (χ0v) is 11.6. The van der Waals surface area contributed by atoms with Gasteiger partial charge in [0.25, 0.3) is 0 Å². The molecule has 1 heterocycles. The van der Waals surface area contributed by atoms with E-state index < -0.39 is 0 Å². The van der Waals surface area contributed by atoms with Crippen molar-refractivity contribution in [1.29, 1.82) is 0 Å². The standard InChI is InChI=1S/C14H21N3O3/c1-9-13(19)12(11(8-18)6-17-9)7-15-4-5-16-14(20)10-2-3-10/h6,10,15,18-19H,2-5,7-8H2,1H3,(H,16,20). The van der Waals surface area contributed by atoms with Crippen LogP contribution in [0.4, 0.5) is 0 Å². The fourth-order valence-electron chi connectivity index (χ4n) is 2.00. The predicted molar refractivity (Wildman–Crippen MR) is 74.0 cm³/mol. The number of aryl methyl sites for hydroxylation is 1. The molecule has 20 heavy (non-hydrogen) atoms. The van der Waals surface area contributed by atoms with Gasteiger partial charge in [-0.3, -0.25) is 9.78 Å². The van der Waals surface area contributed by atoms with Gasteiger partial charge in [0.1, 0.15) is 5.75 Å². The summed E-state index contributed by atoms with van der Waals surface area (Å²) in [5.41, 5.74) is 1.82. The second-order valence-corrected chi connectivity index (χ2v) is 5.10. The molecule has 6 nitrogen and oxygen atoms in total. The normalized spacial score (nSPS) is 14.3. The van der Waals surface area contributed by atoms with Crippen LogP contribution in [0.2, 0.25) is 0 Å². The van der Waals surface area contributed by atoms with E-state index in [0.29, 0.717) is 36.5 Å². The number of aliphatic hydroxyl groups is 1. The summed E-state index contributed by atoms with van der Waals surface area (Å²) >= 11 is 0. The van der Waals surface area contributed by atoms with Gasteiger partial charge in [-0.25, -0.2) is 0 Å². The van der Waals surface area contributed by atoms with Crippen LogP contribution in [0.3, 0.4) is 0 Å². The Morgan fingerprint density at radius 2 is 2.20 bits per heavy atom. The average Bonchev–Trinajstić information content (AvgIpc) is 3.27. The van der Waals surface area contributed by atoms with Gasteiger partial charge in [0.2, 0.25) is 5.91 Å². The Morgan fingerprint density at radius 1 is 1.45 bits per heavy atom. The lowest BCUT2D eigenvalue weighted by atomic mass is 10.1. The molecule has 0 aliphatic heterocycles. The molecule has 1 aliphatic rings. The van der Waals surface area contributed by atoms with E-state index in [1.807, 2.05) is 0 Å². The topological polar surface area (TPSA) is 94.5 Å². The number of nitrogens with one attached hydrogen (secondary N) is 2. The van der Waals surface area contributed by atoms with E-state index >= 15 is 0 Å². The molecule has 4 N–H and O–H groups in total. The van der Waals surface area contributed by atoms with Crippen LogP contribution in [0.15, 0.2) is 6.20 Å². The maximum atomic E-state index is 11.4. The maximum Gasteiger partial charge on any atom is 0.223 e. The molecule has 2 rings (SSSR count). The Bertz CT molecular complexity index is 487. The molecule has 1 aliphatic carbocycles. The lowest BCUT2D eigenvalue weighted by Gasteiger charge is -2.12. The van der Waals surface area contributed by atoms with Crippen molar-refractivity contribution in [3.8, 4) is 5.75 Å². The first-order valence-electron chi connectivity index (χ1n) is 6.89. The SMILES string of the molecule is Cc1ncc(CO)c(CNCCNC(=O)C2CC2)c1O. The smallest absolute Gasteiger partial charge is 0.223 e. The summed E-state index contributed by atoms with van der Waals surface area (Å²) in [4.78, 5) is 15.4. The Hall–Kier alpha value is -1.66. The molecule has 1 aromatic heterocycles. The third kappa shape index (κ3) is 3.68. The van der Waals surface area contributed by atoms with E-state index in [2.05, 4.69) is 15.6 Å². The van der Waals surface area contributed by atoms with Crippen molar-refractivity contribution in [3.63, 3.8) is 0 Å². The Balaban J connectivity index is 1.78. The molecule has 1 fully saturated rings. The van der Waals surface area contributed by atoms with Crippen molar-refractivity contribution in [2.75, 3.05) is 13.1 Å². The lowest BCUT2D eigenvalue weighted by molar-refractivity contribution is -0.122. The van der Waals surface area contributed by atoms with Gasteiger partial charge in [-0.15, -0.1) is 0 Å². The average molecular weight is 279 g/mol. The summed E-state index contributed by atoms with van der Waals surface area (Å²) in [5, 5.41) is 25.2. The van der Waals surface area contributed by atoms with E-state index in [1.165, 1.54) is 0 Å². The van der Waals surface area contributed by atoms with E-state index in [1.54, 1.807) is 13.1 Å². The molecule has 110 valence electrons. The summed E-state index contributed by atoms with van der Waals surface area (Å²) in [6.45, 7) is 3.18. The second kappa shape index (κ2) is 6.67. The Labute approximate surface area is 118 Å². The molecule has 0 radical (unpaired) electrons. The van der Waals surface area contributed by atoms with Crippen LogP contribution >= 0.6 is 0 Å². The van der Waals surface area contributed by atoms with Gasteiger partial charge in [0.15, 0.2) is 0 Å². The van der Waals surface area contributed by atoms with Crippen LogP contribution in [0, 0.1) is 12.8 Å². The van der Waals surface area contributed by atoms with Crippen molar-refractivity contribution in [3.05, 3.63) is 23.0 Å². The highest BCUT2D eigenvalue weighted by molar-refractivity contribution is 5.80. The van der Waals surface area contributed by atoms with Gasteiger partial charge in [-0.05, 0) is 19.8 Å². The van der Waals surface area contributed by atoms with E-state index in [-0.39, 0.29) is 24.2 Å². The highest BCUT2D eigenvalue weighted by Crippen LogP contribution is 2.28. The van der Waals surface area contributed by atoms with Crippen LogP contribution in [0.25, 0.3) is 0 Å². The first-order chi connectivity index (χ1) is 9.63. The molecule has 1 saturated carbocycles. The number of hydrogen-bond acceptors (Lipinski definition) is 5. The third-order valence-corrected chi connectivity index (χ3v) is 3.45. The molecule has 0 spiro atoms. The van der Waals surface area contributed by atoms with E-state index in [9.17, 15) is 15.0 Å². The number of pyridine rings is 1. The molecule has 1 amide bonds. The molecular weight excluding hydrogens is 258 g/mol. The number of rotatable bonds is 7. The van der Waals surface area contributed by atoms with Crippen molar-refractivity contribution < 1.29 is 15.0 Å². The molecular formula is C14H21N3O3. The second-order valence-electron chi connectivity index (χ2n) is 5.10. The minimum absolute atomic E-state index is 0.117. The highest BCUT2D eigenvalue weighted by atomic mass is 16.3. The Morgan fingerprint density at radius 3 is 2.85 bits per heavy atom. The molecule has 1 aromatic rings. The number of hydrogen-bond donors (Lipinski definition) is 4. The molecule has 0 bridgehead atoms. The van der Waals surface area contributed by atoms with Crippen LogP contribution in [0.1, 0.15) is 29.7 Å². The van der Waals surface area contributed by atoms with E-state index in [4.69, 9.17) is 0 Å². The van der Waals surface area contributed by atoms with Crippen LogP contribution in [-0.4, -0.2) is 34.2 Å². The quantitative estimate of drug-likeness (QED) is 0.535. The fourth-order valence-corrected chi connectivity index (χ4v) is 2.00. The van der Waals surface area contributed by atoms with Crippen LogP contribution < -0.4 is 10.6 Å². The summed E-state index contributed by atoms with van der Waals surface area (Å²) in [6, 6.07) is 0. The highest BCUT2D eigenvalue weighted by Gasteiger charge is 2.28. The summed E-state index contributed by atoms with van der Waals surface area (Å²) < 4.78 is 0. The van der Waals surface area contributed by atoms with Gasteiger partial charge >= 0.3 is 0 Å². The number of nitrogens with zero attached hydrogens (tertiary/aromatic N) is 1. The van der Waals surface area contributed by atoms with Gasteiger partial charge in [0.05, 0.1) is 12.3 Å². The monoisotopic (exact) mass is 279 g/mol. The predicted octanol–water partition coefficient (Wildman–Crippen LogP) is 0.204. The zero-order chi connectivity index (χ0) is 14.5. The number of aromatic nitrogens is 1. The summed E-state index contributed by atoms with van der Waals surface area (Å²) in [6.07, 6.45) is 3.58. The Kier molecular flexibility index (Phi) is 4.92. The van der Waals surface area contributed by atoms with Crippen LogP contribution in [0.5, 0.6) is 5.75 Å². The first kappa shape index (κ1) is 14.7. The number of carbonyl (C=O) groups excluding carboxylic acids is 1. The number of aromatic hydroxyl groups is 1. The number of amides is 1. The third-order valence-electron chi connectivity index (χ3n) is 3.45. The fraction of sp³-hybridized carbons (Fsp3) is 0.571. The van der Waals surface area contributed by atoms with E-state index in [0.717, 1.165) is 12.8 Å². The lowest BCUT2D eigenvalue weighted by Crippen LogP contribution is -2.32. The van der Waals surface area contributed by atoms with Crippen LogP contribution in [-0.2, 0) is 17.9 Å². The zero-order valence-electron chi connectivity index (χ0n) is 11.6. The molecule has 0 saturated heterocycles. The minimum Gasteiger partial charge on any atom is -0.506 e. The van der Waals surface area contributed by atoms with Crippen molar-refractivity contribution in [2.45, 2.75) is 32.9 Å². The molecule has 0 aromatic carbocycles. The maximum absolute atomic E-state index is 11.4. The molecule has 0 unspecified atom stereocenters. The van der Waals surface area contributed by atoms with Gasteiger partial charge in [-0.2, -0.15) is 0 Å². The van der Waals surface area contributed by atoms with Gasteiger partial charge in [0, 0.05) is 42.9 Å². The van der Waals surface area contributed by atoms with Crippen molar-refractivity contribution in [1.82, 2.24) is 15.6 Å². The number of aliphatic hydroxyl groups excluding tert-OH is 1. The van der Waals surface area contributed by atoms with Gasteiger partial charge < -0.3 is 20.8 Å². The number of carbonyl (C=O) groups is 1. The minimum atomic E-state index is -0.156. The summed E-state index contributed by atoms with van der Waals surface area (Å²) in [7, 11) is 0. The molecule has 0 atom stereocenters. The van der Waals surface area contributed by atoms with Gasteiger partial charge in [-0.1, -0.05) is 0 Å². The largest absolute Gasteiger partial charge is 0.506 e. The summed E-state index contributed by atoms with van der Waals surface area (Å²) in [5.74, 6) is 0.472. The van der Waals surface area contributed by atoms with Crippen molar-refractivity contribution >= 4 is 5.91 Å². The van der Waals surface area contributed by atoms with Crippen molar-refractivity contribution in [2.24, 2.45) is 5.92 Å². The first-order valence-corrected chi connectivity index (χ1v) is 6.89. The molecule has 6 heteroatoms.